The van der Waals surface area contributed by atoms with E-state index in [0.29, 0.717) is 12.8 Å². The van der Waals surface area contributed by atoms with E-state index in [4.69, 9.17) is 0 Å². The van der Waals surface area contributed by atoms with E-state index in [1.165, 1.54) is 19.3 Å². The van der Waals surface area contributed by atoms with E-state index >= 15 is 0 Å². The summed E-state index contributed by atoms with van der Waals surface area (Å²) >= 11 is 0. The van der Waals surface area contributed by atoms with Gasteiger partial charge in [0, 0.05) is 12.6 Å². The van der Waals surface area contributed by atoms with Crippen molar-refractivity contribution < 1.29 is 14.7 Å². The first kappa shape index (κ1) is 17.8. The van der Waals surface area contributed by atoms with Gasteiger partial charge < -0.3 is 15.7 Å². The van der Waals surface area contributed by atoms with Gasteiger partial charge in [-0.15, -0.1) is 0 Å². The van der Waals surface area contributed by atoms with Crippen LogP contribution in [0.5, 0.6) is 0 Å². The Hall–Kier alpha value is -1.26. The third-order valence-electron chi connectivity index (χ3n) is 4.47. The van der Waals surface area contributed by atoms with Gasteiger partial charge in [0.2, 0.25) is 0 Å². The Balaban J connectivity index is 2.25. The van der Waals surface area contributed by atoms with Crippen LogP contribution in [-0.2, 0) is 4.79 Å². The van der Waals surface area contributed by atoms with Crippen LogP contribution in [0.2, 0.25) is 0 Å². The molecule has 0 aromatic heterocycles. The van der Waals surface area contributed by atoms with Gasteiger partial charge in [-0.2, -0.15) is 0 Å². The van der Waals surface area contributed by atoms with Crippen LogP contribution < -0.4 is 10.6 Å². The fraction of sp³-hybridized carbons (Fsp3) is 0.875. The maximum atomic E-state index is 11.8. The molecule has 3 N–H and O–H groups in total. The predicted molar refractivity (Wildman–Crippen MR) is 83.3 cm³/mol. The van der Waals surface area contributed by atoms with Crippen molar-refractivity contribution in [3.8, 4) is 0 Å². The number of nitrogens with one attached hydrogen (secondary N) is 2. The van der Waals surface area contributed by atoms with Crippen molar-refractivity contribution in [2.45, 2.75) is 77.7 Å². The fourth-order valence-electron chi connectivity index (χ4n) is 2.99. The lowest BCUT2D eigenvalue weighted by Gasteiger charge is -2.24. The van der Waals surface area contributed by atoms with E-state index in [2.05, 4.69) is 17.6 Å². The zero-order chi connectivity index (χ0) is 15.7. The topological polar surface area (TPSA) is 78.4 Å². The molecule has 1 rings (SSSR count). The Morgan fingerprint density at radius 2 is 1.86 bits per heavy atom. The first-order chi connectivity index (χ1) is 10.00. The molecule has 1 saturated carbocycles. The summed E-state index contributed by atoms with van der Waals surface area (Å²) in [5, 5.41) is 15.0. The molecule has 1 atom stereocenters. The van der Waals surface area contributed by atoms with Crippen LogP contribution in [-0.4, -0.2) is 29.7 Å². The summed E-state index contributed by atoms with van der Waals surface area (Å²) in [4.78, 5) is 23.2. The largest absolute Gasteiger partial charge is 0.481 e. The molecule has 0 saturated heterocycles. The summed E-state index contributed by atoms with van der Waals surface area (Å²) in [7, 11) is 0. The summed E-state index contributed by atoms with van der Waals surface area (Å²) in [5.74, 6) is -0.784. The highest BCUT2D eigenvalue weighted by atomic mass is 16.4. The van der Waals surface area contributed by atoms with E-state index in [9.17, 15) is 14.7 Å². The molecular weight excluding hydrogens is 268 g/mol. The SMILES string of the molecule is CCCCCCC(C)NC(=O)NCC1(C(=O)O)CCCC1. The van der Waals surface area contributed by atoms with Crippen LogP contribution >= 0.6 is 0 Å². The van der Waals surface area contributed by atoms with Gasteiger partial charge in [-0.1, -0.05) is 45.4 Å². The summed E-state index contributed by atoms with van der Waals surface area (Å²) in [6.07, 6.45) is 8.93. The molecule has 0 bridgehead atoms. The van der Waals surface area contributed by atoms with Crippen molar-refractivity contribution in [3.05, 3.63) is 0 Å². The Labute approximate surface area is 127 Å². The fourth-order valence-corrected chi connectivity index (χ4v) is 2.99. The van der Waals surface area contributed by atoms with Gasteiger partial charge in [0.05, 0.1) is 5.41 Å². The number of carboxylic acids is 1. The first-order valence-electron chi connectivity index (χ1n) is 8.28. The number of aliphatic carboxylic acids is 1. The molecule has 0 heterocycles. The molecule has 2 amide bonds. The van der Waals surface area contributed by atoms with Gasteiger partial charge >= 0.3 is 12.0 Å². The molecule has 0 aliphatic heterocycles. The number of hydrogen-bond donors (Lipinski definition) is 3. The number of unbranched alkanes of at least 4 members (excludes halogenated alkanes) is 3. The van der Waals surface area contributed by atoms with Gasteiger partial charge in [0.1, 0.15) is 0 Å². The minimum absolute atomic E-state index is 0.131. The molecule has 0 aromatic rings. The summed E-state index contributed by atoms with van der Waals surface area (Å²) in [6, 6.07) is -0.114. The number of amides is 2. The average molecular weight is 298 g/mol. The third kappa shape index (κ3) is 5.94. The van der Waals surface area contributed by atoms with Gasteiger partial charge in [-0.3, -0.25) is 4.79 Å². The summed E-state index contributed by atoms with van der Waals surface area (Å²) in [5.41, 5.74) is -0.748. The first-order valence-corrected chi connectivity index (χ1v) is 8.28. The number of rotatable bonds is 9. The lowest BCUT2D eigenvalue weighted by Crippen LogP contribution is -2.47. The molecular formula is C16H30N2O3. The van der Waals surface area contributed by atoms with Crippen molar-refractivity contribution in [2.75, 3.05) is 6.54 Å². The average Bonchev–Trinajstić information content (AvgIpc) is 2.92. The highest BCUT2D eigenvalue weighted by molar-refractivity contribution is 5.78. The highest BCUT2D eigenvalue weighted by Crippen LogP contribution is 2.37. The molecule has 5 nitrogen and oxygen atoms in total. The molecule has 5 heteroatoms. The molecule has 1 fully saturated rings. The van der Waals surface area contributed by atoms with Crippen molar-refractivity contribution in [1.29, 1.82) is 0 Å². The van der Waals surface area contributed by atoms with E-state index in [0.717, 1.165) is 25.7 Å². The number of carbonyl (C=O) groups excluding carboxylic acids is 1. The van der Waals surface area contributed by atoms with E-state index in [-0.39, 0.29) is 18.6 Å². The number of hydrogen-bond acceptors (Lipinski definition) is 2. The molecule has 0 radical (unpaired) electrons. The Morgan fingerprint density at radius 3 is 2.43 bits per heavy atom. The van der Waals surface area contributed by atoms with E-state index in [1.54, 1.807) is 0 Å². The zero-order valence-corrected chi connectivity index (χ0v) is 13.4. The van der Waals surface area contributed by atoms with Crippen LogP contribution in [0.15, 0.2) is 0 Å². The van der Waals surface area contributed by atoms with Gasteiger partial charge in [0.25, 0.3) is 0 Å². The normalized spacial score (nSPS) is 18.2. The second kappa shape index (κ2) is 8.90. The third-order valence-corrected chi connectivity index (χ3v) is 4.47. The molecule has 1 aliphatic rings. The Bertz CT molecular complexity index is 338. The Kier molecular flexibility index (Phi) is 7.54. The minimum Gasteiger partial charge on any atom is -0.481 e. The molecule has 21 heavy (non-hydrogen) atoms. The van der Waals surface area contributed by atoms with Crippen LogP contribution in [0.4, 0.5) is 4.79 Å². The standard InChI is InChI=1S/C16H30N2O3/c1-3-4-5-6-9-13(2)18-15(21)17-12-16(14(19)20)10-7-8-11-16/h13H,3-12H2,1-2H3,(H,19,20)(H2,17,18,21). The number of carboxylic acid groups (broad SMARTS) is 1. The minimum atomic E-state index is -0.784. The molecule has 0 spiro atoms. The summed E-state index contributed by atoms with van der Waals surface area (Å²) < 4.78 is 0. The lowest BCUT2D eigenvalue weighted by atomic mass is 9.86. The number of urea groups is 1. The molecule has 122 valence electrons. The van der Waals surface area contributed by atoms with Crippen LogP contribution in [0.25, 0.3) is 0 Å². The highest BCUT2D eigenvalue weighted by Gasteiger charge is 2.41. The molecule has 1 aliphatic carbocycles. The quantitative estimate of drug-likeness (QED) is 0.571. The number of carbonyl (C=O) groups is 2. The monoisotopic (exact) mass is 298 g/mol. The van der Waals surface area contributed by atoms with Crippen molar-refractivity contribution in [2.24, 2.45) is 5.41 Å². The molecule has 0 aromatic carbocycles. The van der Waals surface area contributed by atoms with E-state index < -0.39 is 11.4 Å². The van der Waals surface area contributed by atoms with Gasteiger partial charge in [-0.25, -0.2) is 4.79 Å². The van der Waals surface area contributed by atoms with Gasteiger partial charge in [0.15, 0.2) is 0 Å². The second-order valence-corrected chi connectivity index (χ2v) is 6.37. The van der Waals surface area contributed by atoms with Crippen LogP contribution in [0.1, 0.15) is 71.6 Å². The molecule has 1 unspecified atom stereocenters. The Morgan fingerprint density at radius 1 is 1.19 bits per heavy atom. The van der Waals surface area contributed by atoms with Crippen LogP contribution in [0, 0.1) is 5.41 Å². The maximum Gasteiger partial charge on any atom is 0.315 e. The van der Waals surface area contributed by atoms with Crippen molar-refractivity contribution >= 4 is 12.0 Å². The van der Waals surface area contributed by atoms with Crippen molar-refractivity contribution in [1.82, 2.24) is 10.6 Å². The second-order valence-electron chi connectivity index (χ2n) is 6.37. The lowest BCUT2D eigenvalue weighted by molar-refractivity contribution is -0.148. The predicted octanol–water partition coefficient (Wildman–Crippen LogP) is 3.29. The van der Waals surface area contributed by atoms with Crippen molar-refractivity contribution in [3.63, 3.8) is 0 Å². The smallest absolute Gasteiger partial charge is 0.315 e. The van der Waals surface area contributed by atoms with Crippen LogP contribution in [0.3, 0.4) is 0 Å². The maximum absolute atomic E-state index is 11.8. The zero-order valence-electron chi connectivity index (χ0n) is 13.4. The summed E-state index contributed by atoms with van der Waals surface area (Å²) in [6.45, 7) is 4.40. The van der Waals surface area contributed by atoms with Gasteiger partial charge in [-0.05, 0) is 26.2 Å². The van der Waals surface area contributed by atoms with E-state index in [1.807, 2.05) is 6.92 Å².